The third kappa shape index (κ3) is 3.51. The number of carbonyl (C=O) groups excluding carboxylic acids is 2. The van der Waals surface area contributed by atoms with E-state index in [9.17, 15) is 22.4 Å². The van der Waals surface area contributed by atoms with Gasteiger partial charge in [-0.1, -0.05) is 0 Å². The Kier molecular flexibility index (Phi) is 4.87. The molecule has 1 saturated heterocycles. The van der Waals surface area contributed by atoms with Crippen molar-refractivity contribution in [3.63, 3.8) is 0 Å². The van der Waals surface area contributed by atoms with E-state index >= 15 is 0 Å². The van der Waals surface area contributed by atoms with Crippen molar-refractivity contribution in [2.75, 3.05) is 12.0 Å². The van der Waals surface area contributed by atoms with Crippen molar-refractivity contribution >= 4 is 27.5 Å². The summed E-state index contributed by atoms with van der Waals surface area (Å²) in [6.07, 6.45) is 0.990. The lowest BCUT2D eigenvalue weighted by atomic mass is 10.2. The highest BCUT2D eigenvalue weighted by Gasteiger charge is 2.51. The fourth-order valence-electron chi connectivity index (χ4n) is 3.49. The first-order valence-electron chi connectivity index (χ1n) is 9.13. The Morgan fingerprint density at radius 3 is 2.21 bits per heavy atom. The van der Waals surface area contributed by atoms with Crippen molar-refractivity contribution in [3.05, 3.63) is 54.3 Å². The first kappa shape index (κ1) is 19.5. The van der Waals surface area contributed by atoms with E-state index in [0.29, 0.717) is 24.3 Å². The molecule has 0 spiro atoms. The highest BCUT2D eigenvalue weighted by atomic mass is 32.2. The van der Waals surface area contributed by atoms with Crippen LogP contribution >= 0.6 is 0 Å². The minimum absolute atomic E-state index is 0.103. The molecule has 1 aliphatic heterocycles. The van der Waals surface area contributed by atoms with Gasteiger partial charge < -0.3 is 4.74 Å². The third-order valence-corrected chi connectivity index (χ3v) is 7.03. The molecule has 2 aliphatic rings. The van der Waals surface area contributed by atoms with Crippen molar-refractivity contribution in [2.45, 2.75) is 36.2 Å². The Labute approximate surface area is 167 Å². The third-order valence-electron chi connectivity index (χ3n) is 5.06. The smallest absolute Gasteiger partial charge is 0.252 e. The maximum Gasteiger partial charge on any atom is 0.252 e. The molecule has 4 rings (SSSR count). The van der Waals surface area contributed by atoms with Crippen LogP contribution in [0.3, 0.4) is 0 Å². The maximum atomic E-state index is 13.2. The van der Waals surface area contributed by atoms with E-state index in [2.05, 4.69) is 0 Å². The number of methoxy groups -OCH3 is 1. The van der Waals surface area contributed by atoms with Crippen LogP contribution in [-0.4, -0.2) is 43.7 Å². The summed E-state index contributed by atoms with van der Waals surface area (Å²) in [5.41, 5.74) is 0.359. The van der Waals surface area contributed by atoms with Gasteiger partial charge in [0.05, 0.1) is 24.1 Å². The number of hydrogen-bond donors (Lipinski definition) is 0. The first-order chi connectivity index (χ1) is 13.8. The average molecular weight is 418 g/mol. The summed E-state index contributed by atoms with van der Waals surface area (Å²) in [7, 11) is -2.56. The van der Waals surface area contributed by atoms with Gasteiger partial charge in [-0.3, -0.25) is 9.59 Å². The van der Waals surface area contributed by atoms with Crippen LogP contribution in [0.15, 0.2) is 53.4 Å². The Bertz CT molecular complexity index is 1050. The molecule has 152 valence electrons. The fourth-order valence-corrected chi connectivity index (χ4v) is 5.32. The normalized spacial score (nSPS) is 19.8. The molecule has 1 saturated carbocycles. The molecule has 1 heterocycles. The van der Waals surface area contributed by atoms with E-state index in [0.717, 1.165) is 21.3 Å². The van der Waals surface area contributed by atoms with Crippen molar-refractivity contribution in [1.29, 1.82) is 0 Å². The Morgan fingerprint density at radius 1 is 1.03 bits per heavy atom. The van der Waals surface area contributed by atoms with Crippen molar-refractivity contribution in [3.8, 4) is 5.75 Å². The number of benzene rings is 2. The molecule has 1 unspecified atom stereocenters. The summed E-state index contributed by atoms with van der Waals surface area (Å²) >= 11 is 0. The predicted octanol–water partition coefficient (Wildman–Crippen LogP) is 2.32. The molecular weight excluding hydrogens is 399 g/mol. The molecule has 0 radical (unpaired) electrons. The zero-order chi connectivity index (χ0) is 20.8. The number of rotatable bonds is 6. The van der Waals surface area contributed by atoms with E-state index in [1.54, 1.807) is 24.3 Å². The minimum Gasteiger partial charge on any atom is -0.497 e. The van der Waals surface area contributed by atoms with Crippen molar-refractivity contribution < 1.29 is 27.1 Å². The highest BCUT2D eigenvalue weighted by molar-refractivity contribution is 7.89. The van der Waals surface area contributed by atoms with E-state index in [1.165, 1.54) is 19.2 Å². The summed E-state index contributed by atoms with van der Waals surface area (Å²) in [6, 6.07) is 9.39. The largest absolute Gasteiger partial charge is 0.497 e. The van der Waals surface area contributed by atoms with Gasteiger partial charge in [0, 0.05) is 6.04 Å². The summed E-state index contributed by atoms with van der Waals surface area (Å²) in [4.78, 5) is 26.6. The monoisotopic (exact) mass is 418 g/mol. The fraction of sp³-hybridized carbons (Fsp3) is 0.300. The summed E-state index contributed by atoms with van der Waals surface area (Å²) in [6.45, 7) is 0. The molecule has 1 atom stereocenters. The number of imide groups is 1. The zero-order valence-corrected chi connectivity index (χ0v) is 16.4. The quantitative estimate of drug-likeness (QED) is 0.673. The van der Waals surface area contributed by atoms with Gasteiger partial charge >= 0.3 is 0 Å². The average Bonchev–Trinajstić information content (AvgIpc) is 3.48. The van der Waals surface area contributed by atoms with Crippen LogP contribution in [-0.2, 0) is 19.6 Å². The van der Waals surface area contributed by atoms with E-state index < -0.39 is 33.7 Å². The number of nitrogens with zero attached hydrogens (tertiary/aromatic N) is 2. The SMILES string of the molecule is COc1ccc(N2C(=O)CC(N(C3CC3)S(=O)(=O)c3ccc(F)cc3)C2=O)cc1. The van der Waals surface area contributed by atoms with Crippen LogP contribution in [0.25, 0.3) is 0 Å². The summed E-state index contributed by atoms with van der Waals surface area (Å²) in [5, 5.41) is 0. The number of hydrogen-bond acceptors (Lipinski definition) is 5. The Morgan fingerprint density at radius 2 is 1.66 bits per heavy atom. The molecule has 0 aromatic heterocycles. The van der Waals surface area contributed by atoms with Gasteiger partial charge in [-0.15, -0.1) is 0 Å². The van der Waals surface area contributed by atoms with Crippen molar-refractivity contribution in [2.24, 2.45) is 0 Å². The molecule has 2 amide bonds. The van der Waals surface area contributed by atoms with E-state index in [4.69, 9.17) is 4.74 Å². The van der Waals surface area contributed by atoms with Gasteiger partial charge in [0.1, 0.15) is 17.6 Å². The second-order valence-corrected chi connectivity index (χ2v) is 8.85. The molecule has 9 heteroatoms. The molecule has 0 N–H and O–H groups in total. The predicted molar refractivity (Wildman–Crippen MR) is 102 cm³/mol. The maximum absolute atomic E-state index is 13.2. The van der Waals surface area contributed by atoms with Crippen LogP contribution in [0.2, 0.25) is 0 Å². The van der Waals surface area contributed by atoms with E-state index in [1.807, 2.05) is 0 Å². The molecule has 2 aromatic carbocycles. The molecule has 2 fully saturated rings. The van der Waals surface area contributed by atoms with Crippen LogP contribution < -0.4 is 9.64 Å². The van der Waals surface area contributed by atoms with Gasteiger partial charge in [-0.2, -0.15) is 4.31 Å². The topological polar surface area (TPSA) is 84.0 Å². The lowest BCUT2D eigenvalue weighted by Crippen LogP contribution is -2.46. The molecular formula is C20H19FN2O5S. The summed E-state index contributed by atoms with van der Waals surface area (Å²) < 4.78 is 45.8. The van der Waals surface area contributed by atoms with Crippen molar-refractivity contribution in [1.82, 2.24) is 4.31 Å². The second-order valence-electron chi connectivity index (χ2n) is 7.01. The van der Waals surface area contributed by atoms with Gasteiger partial charge in [0.15, 0.2) is 0 Å². The molecule has 29 heavy (non-hydrogen) atoms. The molecule has 2 aromatic rings. The standard InChI is InChI=1S/C20H19FN2O5S/c1-28-16-8-6-14(7-9-16)22-19(24)12-18(20(22)25)23(15-4-5-15)29(26,27)17-10-2-13(21)3-11-17/h2-3,6-11,15,18H,4-5,12H2,1H3. The number of sulfonamides is 1. The van der Waals surface area contributed by atoms with Gasteiger partial charge in [0.2, 0.25) is 15.9 Å². The summed E-state index contributed by atoms with van der Waals surface area (Å²) in [5.74, 6) is -1.04. The molecule has 0 bridgehead atoms. The van der Waals surface area contributed by atoms with Crippen LogP contribution in [0.1, 0.15) is 19.3 Å². The Hall–Kier alpha value is -2.78. The molecule has 7 nitrogen and oxygen atoms in total. The van der Waals surface area contributed by atoms with Crippen LogP contribution in [0.5, 0.6) is 5.75 Å². The lowest BCUT2D eigenvalue weighted by Gasteiger charge is -2.26. The number of anilines is 1. The first-order valence-corrected chi connectivity index (χ1v) is 10.6. The Balaban J connectivity index is 1.67. The van der Waals surface area contributed by atoms with Gasteiger partial charge in [0.25, 0.3) is 5.91 Å². The second kappa shape index (κ2) is 7.23. The minimum atomic E-state index is -4.06. The van der Waals surface area contributed by atoms with E-state index in [-0.39, 0.29) is 17.4 Å². The number of ether oxygens (including phenoxy) is 1. The van der Waals surface area contributed by atoms with Gasteiger partial charge in [-0.25, -0.2) is 17.7 Å². The zero-order valence-electron chi connectivity index (χ0n) is 15.6. The lowest BCUT2D eigenvalue weighted by molar-refractivity contribution is -0.122. The number of amides is 2. The highest BCUT2D eigenvalue weighted by Crippen LogP contribution is 2.38. The number of halogens is 1. The van der Waals surface area contributed by atoms with Crippen LogP contribution in [0.4, 0.5) is 10.1 Å². The van der Waals surface area contributed by atoms with Gasteiger partial charge in [-0.05, 0) is 61.4 Å². The number of carbonyl (C=O) groups is 2. The molecule has 1 aliphatic carbocycles. The van der Waals surface area contributed by atoms with Crippen LogP contribution in [0, 0.1) is 5.82 Å².